The Kier molecular flexibility index (Phi) is 5.75. The van der Waals surface area contributed by atoms with Crippen molar-refractivity contribution >= 4 is 23.4 Å². The van der Waals surface area contributed by atoms with Gasteiger partial charge in [0.25, 0.3) is 11.8 Å². The van der Waals surface area contributed by atoms with Crippen LogP contribution in [-0.4, -0.2) is 21.6 Å². The largest absolute Gasteiger partial charge is 0.273 e. The van der Waals surface area contributed by atoms with E-state index < -0.39 is 17.6 Å². The van der Waals surface area contributed by atoms with Crippen LogP contribution in [0.1, 0.15) is 37.7 Å². The van der Waals surface area contributed by atoms with Gasteiger partial charge in [0.15, 0.2) is 0 Å². The molecule has 1 heterocycles. The number of aromatic nitrogens is 2. The third kappa shape index (κ3) is 4.04. The molecule has 2 amide bonds. The molecule has 28 heavy (non-hydrogen) atoms. The summed E-state index contributed by atoms with van der Waals surface area (Å²) in [5.74, 6) is -1.95. The molecule has 144 valence electrons. The highest BCUT2D eigenvalue weighted by Gasteiger charge is 2.20. The van der Waals surface area contributed by atoms with Crippen LogP contribution in [0.25, 0.3) is 0 Å². The third-order valence-corrected chi connectivity index (χ3v) is 4.66. The Bertz CT molecular complexity index is 1050. The van der Waals surface area contributed by atoms with Gasteiger partial charge in [-0.05, 0) is 37.6 Å². The lowest BCUT2D eigenvalue weighted by atomic mass is 10.2. The molecule has 0 aliphatic heterocycles. The van der Waals surface area contributed by atoms with Gasteiger partial charge in [-0.1, -0.05) is 41.9 Å². The molecule has 0 saturated heterocycles. The molecule has 0 atom stereocenters. The average Bonchev–Trinajstić information content (AvgIpc) is 2.95. The van der Waals surface area contributed by atoms with E-state index in [0.717, 1.165) is 5.56 Å². The Morgan fingerprint density at radius 2 is 1.68 bits per heavy atom. The number of amides is 2. The third-order valence-electron chi connectivity index (χ3n) is 4.29. The fourth-order valence-electron chi connectivity index (χ4n) is 2.86. The van der Waals surface area contributed by atoms with Gasteiger partial charge in [-0.15, -0.1) is 0 Å². The Labute approximate surface area is 166 Å². The highest BCUT2D eigenvalue weighted by atomic mass is 35.5. The molecule has 0 bridgehead atoms. The minimum absolute atomic E-state index is 0.161. The smallest absolute Gasteiger partial charge is 0.267 e. The number of aryl methyl sites for hydroxylation is 1. The number of rotatable bonds is 4. The lowest BCUT2D eigenvalue weighted by Gasteiger charge is -2.09. The summed E-state index contributed by atoms with van der Waals surface area (Å²) in [6.45, 7) is 3.86. The topological polar surface area (TPSA) is 76.0 Å². The molecule has 8 heteroatoms. The number of nitrogens with one attached hydrogen (secondary N) is 2. The van der Waals surface area contributed by atoms with E-state index >= 15 is 0 Å². The fraction of sp³-hybridized carbons (Fsp3) is 0.150. The molecule has 0 unspecified atom stereocenters. The number of hydrogen-bond donors (Lipinski definition) is 2. The van der Waals surface area contributed by atoms with Crippen LogP contribution in [0.4, 0.5) is 4.39 Å². The number of hydrogen-bond acceptors (Lipinski definition) is 3. The predicted octanol–water partition coefficient (Wildman–Crippen LogP) is 3.42. The first-order valence-electron chi connectivity index (χ1n) is 8.51. The molecule has 0 aliphatic rings. The van der Waals surface area contributed by atoms with Crippen molar-refractivity contribution in [3.63, 3.8) is 0 Å². The molecule has 6 nitrogen and oxygen atoms in total. The first-order chi connectivity index (χ1) is 13.4. The van der Waals surface area contributed by atoms with E-state index in [1.165, 1.54) is 24.3 Å². The van der Waals surface area contributed by atoms with Gasteiger partial charge in [0, 0.05) is 10.7 Å². The minimum atomic E-state index is -0.745. The van der Waals surface area contributed by atoms with Gasteiger partial charge >= 0.3 is 0 Å². The molecule has 1 aromatic heterocycles. The molecular formula is C20H18ClFN4O2. The lowest BCUT2D eigenvalue weighted by Crippen LogP contribution is -2.42. The summed E-state index contributed by atoms with van der Waals surface area (Å²) in [4.78, 5) is 24.6. The van der Waals surface area contributed by atoms with Crippen molar-refractivity contribution in [2.75, 3.05) is 0 Å². The number of benzene rings is 2. The molecule has 3 aromatic rings. The standard InChI is InChI=1S/C20H18ClFN4O2/c1-12-18(13(2)26(25-12)11-14-7-3-5-9-16(14)21)20(28)24-23-19(27)15-8-4-6-10-17(15)22/h3-10H,11H2,1-2H3,(H,23,27)(H,24,28). The maximum Gasteiger partial charge on any atom is 0.273 e. The number of nitrogens with zero attached hydrogens (tertiary/aromatic N) is 2. The molecule has 0 saturated carbocycles. The summed E-state index contributed by atoms with van der Waals surface area (Å²) in [5, 5.41) is 5.00. The maximum atomic E-state index is 13.7. The second kappa shape index (κ2) is 8.22. The van der Waals surface area contributed by atoms with Gasteiger partial charge in [-0.25, -0.2) is 4.39 Å². The van der Waals surface area contributed by atoms with E-state index in [1.807, 2.05) is 18.2 Å². The molecular weight excluding hydrogens is 383 g/mol. The Balaban J connectivity index is 1.74. The van der Waals surface area contributed by atoms with E-state index in [2.05, 4.69) is 16.0 Å². The second-order valence-corrected chi connectivity index (χ2v) is 6.59. The Morgan fingerprint density at radius 3 is 2.39 bits per heavy atom. The quantitative estimate of drug-likeness (QED) is 0.659. The number of carbonyl (C=O) groups excluding carboxylic acids is 2. The first-order valence-corrected chi connectivity index (χ1v) is 8.89. The summed E-state index contributed by atoms with van der Waals surface area (Å²) >= 11 is 6.19. The minimum Gasteiger partial charge on any atom is -0.267 e. The molecule has 2 N–H and O–H groups in total. The molecule has 0 spiro atoms. The molecule has 2 aromatic carbocycles. The number of carbonyl (C=O) groups is 2. The van der Waals surface area contributed by atoms with Crippen molar-refractivity contribution in [2.45, 2.75) is 20.4 Å². The molecule has 3 rings (SSSR count). The van der Waals surface area contributed by atoms with Gasteiger partial charge in [0.05, 0.1) is 23.4 Å². The van der Waals surface area contributed by atoms with Crippen molar-refractivity contribution in [3.8, 4) is 0 Å². The van der Waals surface area contributed by atoms with Crippen molar-refractivity contribution in [1.29, 1.82) is 0 Å². The maximum absolute atomic E-state index is 13.7. The van der Waals surface area contributed by atoms with E-state index in [9.17, 15) is 14.0 Å². The monoisotopic (exact) mass is 400 g/mol. The summed E-state index contributed by atoms with van der Waals surface area (Å²) < 4.78 is 15.3. The van der Waals surface area contributed by atoms with E-state index in [-0.39, 0.29) is 5.56 Å². The van der Waals surface area contributed by atoms with Crippen molar-refractivity contribution < 1.29 is 14.0 Å². The van der Waals surface area contributed by atoms with Crippen LogP contribution in [0, 0.1) is 19.7 Å². The van der Waals surface area contributed by atoms with E-state index in [1.54, 1.807) is 24.6 Å². The Hall–Kier alpha value is -3.19. The van der Waals surface area contributed by atoms with Crippen LogP contribution in [0.15, 0.2) is 48.5 Å². The predicted molar refractivity (Wildman–Crippen MR) is 104 cm³/mol. The lowest BCUT2D eigenvalue weighted by molar-refractivity contribution is 0.0843. The van der Waals surface area contributed by atoms with Crippen LogP contribution in [0.2, 0.25) is 5.02 Å². The van der Waals surface area contributed by atoms with Crippen LogP contribution >= 0.6 is 11.6 Å². The molecule has 0 fully saturated rings. The van der Waals surface area contributed by atoms with Gasteiger partial charge < -0.3 is 0 Å². The summed E-state index contributed by atoms with van der Waals surface area (Å²) in [5.41, 5.74) is 6.70. The van der Waals surface area contributed by atoms with E-state index in [4.69, 9.17) is 11.6 Å². The Morgan fingerprint density at radius 1 is 1.04 bits per heavy atom. The van der Waals surface area contributed by atoms with Gasteiger partial charge in [0.1, 0.15) is 5.82 Å². The highest BCUT2D eigenvalue weighted by molar-refractivity contribution is 6.31. The normalized spacial score (nSPS) is 10.6. The zero-order valence-corrected chi connectivity index (χ0v) is 16.0. The average molecular weight is 401 g/mol. The van der Waals surface area contributed by atoms with Crippen LogP contribution in [0.5, 0.6) is 0 Å². The number of halogens is 2. The van der Waals surface area contributed by atoms with Gasteiger partial charge in [0.2, 0.25) is 0 Å². The summed E-state index contributed by atoms with van der Waals surface area (Å²) in [7, 11) is 0. The van der Waals surface area contributed by atoms with Crippen LogP contribution < -0.4 is 10.9 Å². The fourth-order valence-corrected chi connectivity index (χ4v) is 3.05. The highest BCUT2D eigenvalue weighted by Crippen LogP contribution is 2.19. The van der Waals surface area contributed by atoms with Gasteiger partial charge in [-0.2, -0.15) is 5.10 Å². The summed E-state index contributed by atoms with van der Waals surface area (Å²) in [6, 6.07) is 12.9. The van der Waals surface area contributed by atoms with Crippen molar-refractivity contribution in [1.82, 2.24) is 20.6 Å². The van der Waals surface area contributed by atoms with E-state index in [0.29, 0.717) is 28.5 Å². The molecule has 0 aliphatic carbocycles. The number of hydrazine groups is 1. The van der Waals surface area contributed by atoms with Crippen LogP contribution in [-0.2, 0) is 6.54 Å². The van der Waals surface area contributed by atoms with Crippen molar-refractivity contribution in [2.24, 2.45) is 0 Å². The zero-order chi connectivity index (χ0) is 20.3. The zero-order valence-electron chi connectivity index (χ0n) is 15.3. The van der Waals surface area contributed by atoms with Gasteiger partial charge in [-0.3, -0.25) is 25.1 Å². The second-order valence-electron chi connectivity index (χ2n) is 6.18. The first kappa shape index (κ1) is 19.6. The summed E-state index contributed by atoms with van der Waals surface area (Å²) in [6.07, 6.45) is 0. The van der Waals surface area contributed by atoms with Crippen molar-refractivity contribution in [3.05, 3.63) is 87.4 Å². The SMILES string of the molecule is Cc1nn(Cc2ccccc2Cl)c(C)c1C(=O)NNC(=O)c1ccccc1F. The van der Waals surface area contributed by atoms with Crippen LogP contribution in [0.3, 0.4) is 0 Å². The molecule has 0 radical (unpaired) electrons.